The smallest absolute Gasteiger partial charge is 0.330 e. The minimum Gasteiger partial charge on any atom is -0.383 e. The van der Waals surface area contributed by atoms with Crippen molar-refractivity contribution in [3.8, 4) is 0 Å². The number of nitrogens with one attached hydrogen (secondary N) is 2. The summed E-state index contributed by atoms with van der Waals surface area (Å²) in [5.74, 6) is -1.14. The number of nitrogens with two attached hydrogens (primary N) is 1. The Bertz CT molecular complexity index is 994. The lowest BCUT2D eigenvalue weighted by molar-refractivity contribution is -0.134. The third-order valence-electron chi connectivity index (χ3n) is 5.82. The number of imide groups is 1. The number of hydrogen-bond acceptors (Lipinski definition) is 6. The fourth-order valence-corrected chi connectivity index (χ4v) is 3.85. The second kappa shape index (κ2) is 7.96. The van der Waals surface area contributed by atoms with Crippen LogP contribution in [-0.4, -0.2) is 50.9 Å². The highest BCUT2D eigenvalue weighted by Crippen LogP contribution is 2.42. The lowest BCUT2D eigenvalue weighted by atomic mass is 9.96. The Labute approximate surface area is 173 Å². The molecule has 1 aromatic rings. The summed E-state index contributed by atoms with van der Waals surface area (Å²) in [7, 11) is 0. The van der Waals surface area contributed by atoms with E-state index in [1.54, 1.807) is 13.8 Å². The van der Waals surface area contributed by atoms with Gasteiger partial charge in [-0.1, -0.05) is 13.3 Å². The van der Waals surface area contributed by atoms with Crippen molar-refractivity contribution >= 4 is 29.4 Å². The second-order valence-electron chi connectivity index (χ2n) is 7.93. The number of carbonyl (C=O) groups excluding carboxylic acids is 3. The van der Waals surface area contributed by atoms with E-state index in [0.29, 0.717) is 13.0 Å². The summed E-state index contributed by atoms with van der Waals surface area (Å²) in [6, 6.07) is -0.631. The number of unbranched alkanes of at least 4 members (excludes halogenated alkanes) is 1. The predicted octanol–water partition coefficient (Wildman–Crippen LogP) is -0.00770. The quantitative estimate of drug-likeness (QED) is 0.503. The SMILES string of the molecule is CCCCn1c(N)c(N(CC)C(=O)CN2C(=O)N[C@@](C)(C3CC3)C2=O)c(=O)[nH]c1=O. The zero-order valence-electron chi connectivity index (χ0n) is 17.5. The van der Waals surface area contributed by atoms with Crippen LogP contribution < -0.4 is 27.2 Å². The number of amides is 4. The van der Waals surface area contributed by atoms with Gasteiger partial charge in [0.1, 0.15) is 17.9 Å². The minimum absolute atomic E-state index is 0.0666. The highest BCUT2D eigenvalue weighted by molar-refractivity contribution is 6.10. The fraction of sp³-hybridized carbons (Fsp3) is 0.632. The van der Waals surface area contributed by atoms with E-state index < -0.39 is 41.2 Å². The Kier molecular flexibility index (Phi) is 5.73. The number of carbonyl (C=O) groups is 3. The van der Waals surface area contributed by atoms with Gasteiger partial charge in [0.25, 0.3) is 11.5 Å². The first kappa shape index (κ1) is 21.6. The van der Waals surface area contributed by atoms with Gasteiger partial charge in [0.15, 0.2) is 5.69 Å². The molecule has 1 saturated carbocycles. The van der Waals surface area contributed by atoms with Crippen molar-refractivity contribution in [2.24, 2.45) is 5.92 Å². The molecule has 2 aliphatic rings. The van der Waals surface area contributed by atoms with Crippen LogP contribution in [0.3, 0.4) is 0 Å². The minimum atomic E-state index is -1.00. The second-order valence-corrected chi connectivity index (χ2v) is 7.93. The zero-order chi connectivity index (χ0) is 22.2. The molecule has 0 aromatic carbocycles. The maximum Gasteiger partial charge on any atom is 0.330 e. The van der Waals surface area contributed by atoms with Crippen LogP contribution in [0.15, 0.2) is 9.59 Å². The molecule has 2 heterocycles. The molecular weight excluding hydrogens is 392 g/mol. The summed E-state index contributed by atoms with van der Waals surface area (Å²) < 4.78 is 1.22. The van der Waals surface area contributed by atoms with Crippen molar-refractivity contribution in [2.45, 2.75) is 58.5 Å². The van der Waals surface area contributed by atoms with E-state index in [-0.39, 0.29) is 24.0 Å². The van der Waals surface area contributed by atoms with E-state index in [0.717, 1.165) is 29.1 Å². The van der Waals surface area contributed by atoms with E-state index in [4.69, 9.17) is 5.73 Å². The number of urea groups is 1. The highest BCUT2D eigenvalue weighted by atomic mass is 16.2. The largest absolute Gasteiger partial charge is 0.383 e. The van der Waals surface area contributed by atoms with Crippen molar-refractivity contribution in [1.29, 1.82) is 0 Å². The average molecular weight is 420 g/mol. The summed E-state index contributed by atoms with van der Waals surface area (Å²) in [4.78, 5) is 66.9. The third kappa shape index (κ3) is 3.59. The summed E-state index contributed by atoms with van der Waals surface area (Å²) >= 11 is 0. The van der Waals surface area contributed by atoms with E-state index in [1.165, 1.54) is 4.57 Å². The molecule has 4 N–H and O–H groups in total. The molecule has 1 atom stereocenters. The van der Waals surface area contributed by atoms with Crippen LogP contribution in [0.2, 0.25) is 0 Å². The Morgan fingerprint density at radius 1 is 1.23 bits per heavy atom. The molecule has 11 nitrogen and oxygen atoms in total. The van der Waals surface area contributed by atoms with Gasteiger partial charge in [-0.05, 0) is 39.0 Å². The predicted molar refractivity (Wildman–Crippen MR) is 110 cm³/mol. The van der Waals surface area contributed by atoms with Gasteiger partial charge in [-0.25, -0.2) is 9.59 Å². The first-order chi connectivity index (χ1) is 14.2. The number of nitrogen functional groups attached to an aromatic ring is 1. The van der Waals surface area contributed by atoms with E-state index in [2.05, 4.69) is 10.3 Å². The zero-order valence-corrected chi connectivity index (χ0v) is 17.5. The number of aromatic amines is 1. The summed E-state index contributed by atoms with van der Waals surface area (Å²) in [5, 5.41) is 2.69. The molecule has 0 unspecified atom stereocenters. The topological polar surface area (TPSA) is 151 Å². The first-order valence-electron chi connectivity index (χ1n) is 10.2. The van der Waals surface area contributed by atoms with E-state index in [9.17, 15) is 24.0 Å². The van der Waals surface area contributed by atoms with Crippen LogP contribution in [0.25, 0.3) is 0 Å². The van der Waals surface area contributed by atoms with Crippen LogP contribution in [0.4, 0.5) is 16.3 Å². The molecule has 0 radical (unpaired) electrons. The lowest BCUT2D eigenvalue weighted by Crippen LogP contribution is -2.48. The van der Waals surface area contributed by atoms with Crippen LogP contribution in [-0.2, 0) is 16.1 Å². The summed E-state index contributed by atoms with van der Waals surface area (Å²) in [6.07, 6.45) is 3.16. The van der Waals surface area contributed by atoms with Crippen LogP contribution >= 0.6 is 0 Å². The monoisotopic (exact) mass is 420 g/mol. The molecule has 1 aromatic heterocycles. The molecular formula is C19H28N6O5. The molecule has 1 aliphatic carbocycles. The fourth-order valence-electron chi connectivity index (χ4n) is 3.85. The molecule has 164 valence electrons. The first-order valence-corrected chi connectivity index (χ1v) is 10.2. The number of likely N-dealkylation sites (N-methyl/N-ethyl adjacent to an activating group) is 1. The Balaban J connectivity index is 1.88. The standard InChI is InChI=1S/C19H28N6O5/c1-4-6-9-24-14(20)13(15(27)21-17(24)29)23(5-2)12(26)10-25-16(28)19(3,11-7-8-11)22-18(25)30/h11H,4-10,20H2,1-3H3,(H,22,30)(H,21,27,29)/t19-/m0/s1. The number of H-pyrrole nitrogens is 1. The lowest BCUT2D eigenvalue weighted by Gasteiger charge is -2.25. The van der Waals surface area contributed by atoms with Crippen molar-refractivity contribution in [1.82, 2.24) is 19.8 Å². The van der Waals surface area contributed by atoms with Crippen LogP contribution in [0.1, 0.15) is 46.5 Å². The van der Waals surface area contributed by atoms with Crippen molar-refractivity contribution in [3.63, 3.8) is 0 Å². The van der Waals surface area contributed by atoms with Crippen molar-refractivity contribution < 1.29 is 14.4 Å². The van der Waals surface area contributed by atoms with Gasteiger partial charge in [-0.2, -0.15) is 0 Å². The van der Waals surface area contributed by atoms with Gasteiger partial charge in [0.2, 0.25) is 5.91 Å². The number of aromatic nitrogens is 2. The average Bonchev–Trinajstić information content (AvgIpc) is 3.51. The highest BCUT2D eigenvalue weighted by Gasteiger charge is 2.56. The van der Waals surface area contributed by atoms with Gasteiger partial charge in [-0.3, -0.25) is 28.8 Å². The number of anilines is 2. The van der Waals surface area contributed by atoms with Crippen LogP contribution in [0, 0.1) is 5.92 Å². The molecule has 4 amide bonds. The van der Waals surface area contributed by atoms with Gasteiger partial charge in [0.05, 0.1) is 0 Å². The van der Waals surface area contributed by atoms with Crippen molar-refractivity contribution in [3.05, 3.63) is 20.8 Å². The number of nitrogens with zero attached hydrogens (tertiary/aromatic N) is 3. The maximum absolute atomic E-state index is 13.0. The third-order valence-corrected chi connectivity index (χ3v) is 5.82. The van der Waals surface area contributed by atoms with Gasteiger partial charge >= 0.3 is 11.7 Å². The van der Waals surface area contributed by atoms with Crippen molar-refractivity contribution in [2.75, 3.05) is 23.7 Å². The van der Waals surface area contributed by atoms with Crippen LogP contribution in [0.5, 0.6) is 0 Å². The van der Waals surface area contributed by atoms with Gasteiger partial charge in [0, 0.05) is 13.1 Å². The molecule has 1 saturated heterocycles. The number of rotatable bonds is 8. The molecule has 0 bridgehead atoms. The Morgan fingerprint density at radius 2 is 1.90 bits per heavy atom. The Hall–Kier alpha value is -3.11. The normalized spacial score (nSPS) is 21.1. The maximum atomic E-state index is 13.0. The van der Waals surface area contributed by atoms with Gasteiger partial charge in [-0.15, -0.1) is 0 Å². The van der Waals surface area contributed by atoms with E-state index >= 15 is 0 Å². The molecule has 11 heteroatoms. The molecule has 2 fully saturated rings. The Morgan fingerprint density at radius 3 is 2.47 bits per heavy atom. The molecule has 0 spiro atoms. The molecule has 3 rings (SSSR count). The number of hydrogen-bond donors (Lipinski definition) is 3. The summed E-state index contributed by atoms with van der Waals surface area (Å²) in [6.45, 7) is 5.10. The molecule has 30 heavy (non-hydrogen) atoms. The summed E-state index contributed by atoms with van der Waals surface area (Å²) in [5.41, 5.74) is 3.49. The van der Waals surface area contributed by atoms with E-state index in [1.807, 2.05) is 6.92 Å². The van der Waals surface area contributed by atoms with Gasteiger partial charge < -0.3 is 16.0 Å². The molecule has 1 aliphatic heterocycles.